The van der Waals surface area contributed by atoms with Crippen LogP contribution in [0.3, 0.4) is 0 Å². The minimum atomic E-state index is -0.722. The van der Waals surface area contributed by atoms with E-state index in [1.54, 1.807) is 31.2 Å². The third-order valence-electron chi connectivity index (χ3n) is 3.66. The number of rotatable bonds is 7. The number of amides is 2. The maximum Gasteiger partial charge on any atom is 0.279 e. The molecule has 0 bridgehead atoms. The van der Waals surface area contributed by atoms with Crippen molar-refractivity contribution in [3.05, 3.63) is 40.2 Å². The van der Waals surface area contributed by atoms with Crippen LogP contribution in [-0.2, 0) is 9.59 Å². The van der Waals surface area contributed by atoms with Crippen LogP contribution in [0.4, 0.5) is 11.4 Å². The first-order valence-corrected chi connectivity index (χ1v) is 9.28. The van der Waals surface area contributed by atoms with Gasteiger partial charge in [-0.15, -0.1) is 0 Å². The lowest BCUT2D eigenvalue weighted by atomic mass is 10.1. The molecule has 2 rings (SSSR count). The van der Waals surface area contributed by atoms with Gasteiger partial charge < -0.3 is 15.7 Å². The van der Waals surface area contributed by atoms with Gasteiger partial charge in [0, 0.05) is 18.2 Å². The number of nitrogens with one attached hydrogen (secondary N) is 3. The third kappa shape index (κ3) is 5.43. The van der Waals surface area contributed by atoms with Crippen molar-refractivity contribution in [1.29, 1.82) is 0 Å². The number of carbonyl (C=O) groups is 3. The number of ketones is 1. The lowest BCUT2D eigenvalue weighted by Gasteiger charge is -2.14. The van der Waals surface area contributed by atoms with Gasteiger partial charge in [0.15, 0.2) is 16.6 Å². The molecule has 0 fully saturated rings. The van der Waals surface area contributed by atoms with Gasteiger partial charge in [-0.05, 0) is 37.6 Å². The SMILES string of the molecule is CCC(Sc1nc(O)c(NC(C)=O)c(=O)[nH]1)C(=O)Nc1ccc(C(C)=O)cc1. The molecule has 0 aliphatic rings. The Kier molecular flexibility index (Phi) is 6.94. The Balaban J connectivity index is 2.12. The lowest BCUT2D eigenvalue weighted by Crippen LogP contribution is -2.25. The number of hydrogen-bond acceptors (Lipinski definition) is 7. The second-order valence-electron chi connectivity index (χ2n) is 5.89. The third-order valence-corrected chi connectivity index (χ3v) is 4.90. The van der Waals surface area contributed by atoms with Gasteiger partial charge in [-0.25, -0.2) is 0 Å². The van der Waals surface area contributed by atoms with Crippen molar-refractivity contribution >= 4 is 40.7 Å². The van der Waals surface area contributed by atoms with E-state index in [0.717, 1.165) is 11.8 Å². The zero-order chi connectivity index (χ0) is 20.8. The molecule has 0 aliphatic heterocycles. The first kappa shape index (κ1) is 21.2. The van der Waals surface area contributed by atoms with Gasteiger partial charge in [-0.2, -0.15) is 4.98 Å². The van der Waals surface area contributed by atoms with Crippen molar-refractivity contribution in [2.24, 2.45) is 0 Å². The largest absolute Gasteiger partial charge is 0.492 e. The number of Topliss-reactive ketones (excluding diaryl/α,β-unsaturated/α-hetero) is 1. The fraction of sp³-hybridized carbons (Fsp3) is 0.278. The summed E-state index contributed by atoms with van der Waals surface area (Å²) in [6.07, 6.45) is 0.431. The van der Waals surface area contributed by atoms with Crippen molar-refractivity contribution in [3.8, 4) is 5.88 Å². The van der Waals surface area contributed by atoms with Gasteiger partial charge in [-0.1, -0.05) is 18.7 Å². The molecule has 4 N–H and O–H groups in total. The maximum atomic E-state index is 12.5. The highest BCUT2D eigenvalue weighted by Crippen LogP contribution is 2.26. The average molecular weight is 404 g/mol. The van der Waals surface area contributed by atoms with Gasteiger partial charge >= 0.3 is 0 Å². The summed E-state index contributed by atoms with van der Waals surface area (Å²) >= 11 is 0.975. The van der Waals surface area contributed by atoms with Crippen molar-refractivity contribution in [1.82, 2.24) is 9.97 Å². The Bertz CT molecular complexity index is 955. The molecule has 0 saturated heterocycles. The van der Waals surface area contributed by atoms with E-state index in [1.807, 2.05) is 0 Å². The molecule has 2 amide bonds. The predicted molar refractivity (Wildman–Crippen MR) is 106 cm³/mol. The quantitative estimate of drug-likeness (QED) is 0.315. The zero-order valence-electron chi connectivity index (χ0n) is 15.5. The summed E-state index contributed by atoms with van der Waals surface area (Å²) in [6, 6.07) is 6.48. The topological polar surface area (TPSA) is 141 Å². The molecular formula is C18H20N4O5S. The number of thioether (sulfide) groups is 1. The van der Waals surface area contributed by atoms with Crippen molar-refractivity contribution in [2.75, 3.05) is 10.6 Å². The molecule has 148 valence electrons. The van der Waals surface area contributed by atoms with E-state index in [-0.39, 0.29) is 22.5 Å². The van der Waals surface area contributed by atoms with Crippen LogP contribution in [0, 0.1) is 0 Å². The predicted octanol–water partition coefficient (Wildman–Crippen LogP) is 2.15. The summed E-state index contributed by atoms with van der Waals surface area (Å²) in [4.78, 5) is 53.1. The number of H-pyrrole nitrogens is 1. The molecule has 1 aromatic heterocycles. The number of anilines is 2. The molecule has 0 spiro atoms. The Labute approximate surface area is 165 Å². The summed E-state index contributed by atoms with van der Waals surface area (Å²) in [5.74, 6) is -1.55. The summed E-state index contributed by atoms with van der Waals surface area (Å²) in [5, 5.41) is 14.2. The number of carbonyl (C=O) groups excluding carboxylic acids is 3. The molecule has 0 radical (unpaired) electrons. The molecule has 28 heavy (non-hydrogen) atoms. The van der Waals surface area contributed by atoms with Crippen LogP contribution in [0.5, 0.6) is 5.88 Å². The minimum Gasteiger partial charge on any atom is -0.492 e. The highest BCUT2D eigenvalue weighted by molar-refractivity contribution is 8.00. The minimum absolute atomic E-state index is 0.0468. The van der Waals surface area contributed by atoms with Crippen LogP contribution in [0.1, 0.15) is 37.6 Å². The Morgan fingerprint density at radius 1 is 1.18 bits per heavy atom. The number of aromatic amines is 1. The second-order valence-corrected chi connectivity index (χ2v) is 7.08. The van der Waals surface area contributed by atoms with E-state index in [0.29, 0.717) is 17.7 Å². The lowest BCUT2D eigenvalue weighted by molar-refractivity contribution is -0.116. The van der Waals surface area contributed by atoms with Gasteiger partial charge in [0.25, 0.3) is 5.56 Å². The van der Waals surface area contributed by atoms with Crippen LogP contribution in [0.2, 0.25) is 0 Å². The molecule has 9 nitrogen and oxygen atoms in total. The van der Waals surface area contributed by atoms with E-state index in [4.69, 9.17) is 0 Å². The van der Waals surface area contributed by atoms with E-state index in [1.165, 1.54) is 13.8 Å². The molecule has 10 heteroatoms. The fourth-order valence-corrected chi connectivity index (χ4v) is 3.15. The first-order valence-electron chi connectivity index (χ1n) is 8.40. The highest BCUT2D eigenvalue weighted by Gasteiger charge is 2.21. The summed E-state index contributed by atoms with van der Waals surface area (Å²) < 4.78 is 0. The van der Waals surface area contributed by atoms with Gasteiger partial charge in [-0.3, -0.25) is 24.2 Å². The van der Waals surface area contributed by atoms with E-state index >= 15 is 0 Å². The van der Waals surface area contributed by atoms with Crippen LogP contribution in [0.15, 0.2) is 34.2 Å². The van der Waals surface area contributed by atoms with Crippen LogP contribution < -0.4 is 16.2 Å². The molecule has 0 aliphatic carbocycles. The summed E-state index contributed by atoms with van der Waals surface area (Å²) in [7, 11) is 0. The van der Waals surface area contributed by atoms with E-state index in [9.17, 15) is 24.3 Å². The first-order chi connectivity index (χ1) is 13.2. The highest BCUT2D eigenvalue weighted by atomic mass is 32.2. The van der Waals surface area contributed by atoms with Crippen LogP contribution in [-0.4, -0.2) is 37.9 Å². The van der Waals surface area contributed by atoms with E-state index < -0.39 is 22.6 Å². The number of aromatic nitrogens is 2. The van der Waals surface area contributed by atoms with Gasteiger partial charge in [0.2, 0.25) is 17.7 Å². The molecule has 2 aromatic rings. The van der Waals surface area contributed by atoms with Crippen molar-refractivity contribution in [3.63, 3.8) is 0 Å². The van der Waals surface area contributed by atoms with Gasteiger partial charge in [0.05, 0.1) is 5.25 Å². The fourth-order valence-electron chi connectivity index (χ4n) is 2.25. The summed E-state index contributed by atoms with van der Waals surface area (Å²) in [5.41, 5.74) is -0.00419. The standard InChI is InChI=1S/C18H20N4O5S/c1-4-13(15(25)20-12-7-5-11(6-8-12)9(2)23)28-18-21-16(26)14(17(27)22-18)19-10(3)24/h5-8,13H,4H2,1-3H3,(H,19,24)(H,20,25)(H2,21,22,26,27). The molecule has 1 aromatic carbocycles. The van der Waals surface area contributed by atoms with Crippen molar-refractivity contribution in [2.45, 2.75) is 37.6 Å². The molecule has 1 heterocycles. The normalized spacial score (nSPS) is 11.5. The number of benzene rings is 1. The molecular weight excluding hydrogens is 384 g/mol. The Hall–Kier alpha value is -3.14. The number of nitrogens with zero attached hydrogens (tertiary/aromatic N) is 1. The maximum absolute atomic E-state index is 12.5. The summed E-state index contributed by atoms with van der Waals surface area (Å²) in [6.45, 7) is 4.44. The monoisotopic (exact) mass is 404 g/mol. The second kappa shape index (κ2) is 9.18. The van der Waals surface area contributed by atoms with Crippen molar-refractivity contribution < 1.29 is 19.5 Å². The molecule has 1 atom stereocenters. The Morgan fingerprint density at radius 2 is 1.82 bits per heavy atom. The molecule has 1 unspecified atom stereocenters. The number of hydrogen-bond donors (Lipinski definition) is 4. The number of aromatic hydroxyl groups is 1. The molecule has 0 saturated carbocycles. The smallest absolute Gasteiger partial charge is 0.279 e. The van der Waals surface area contributed by atoms with Crippen LogP contribution in [0.25, 0.3) is 0 Å². The van der Waals surface area contributed by atoms with E-state index in [2.05, 4.69) is 20.6 Å². The zero-order valence-corrected chi connectivity index (χ0v) is 16.3. The Morgan fingerprint density at radius 3 is 2.32 bits per heavy atom. The average Bonchev–Trinajstić information content (AvgIpc) is 2.63. The van der Waals surface area contributed by atoms with Gasteiger partial charge in [0.1, 0.15) is 0 Å². The van der Waals surface area contributed by atoms with Crippen LogP contribution >= 0.6 is 11.8 Å².